The van der Waals surface area contributed by atoms with E-state index in [9.17, 15) is 14.9 Å². The molecule has 0 unspecified atom stereocenters. The summed E-state index contributed by atoms with van der Waals surface area (Å²) in [6, 6.07) is 8.51. The number of anilines is 1. The van der Waals surface area contributed by atoms with Crippen molar-refractivity contribution in [3.05, 3.63) is 62.3 Å². The first-order valence-electron chi connectivity index (χ1n) is 5.35. The SMILES string of the molecule is O=C(Nc1cccc(Cl)n1)c1ccc(Cl)c([N+](=O)[O-])c1. The van der Waals surface area contributed by atoms with Crippen molar-refractivity contribution in [1.82, 2.24) is 4.98 Å². The van der Waals surface area contributed by atoms with E-state index in [-0.39, 0.29) is 27.2 Å². The van der Waals surface area contributed by atoms with Crippen LogP contribution in [-0.2, 0) is 0 Å². The predicted molar refractivity (Wildman–Crippen MR) is 75.3 cm³/mol. The van der Waals surface area contributed by atoms with Crippen LogP contribution in [0.2, 0.25) is 10.2 Å². The highest BCUT2D eigenvalue weighted by Crippen LogP contribution is 2.25. The van der Waals surface area contributed by atoms with Crippen LogP contribution < -0.4 is 5.32 Å². The summed E-state index contributed by atoms with van der Waals surface area (Å²) in [4.78, 5) is 25.9. The van der Waals surface area contributed by atoms with E-state index < -0.39 is 10.8 Å². The molecule has 0 fully saturated rings. The molecule has 0 aliphatic rings. The van der Waals surface area contributed by atoms with Gasteiger partial charge in [0.25, 0.3) is 11.6 Å². The number of carbonyl (C=O) groups excluding carboxylic acids is 1. The summed E-state index contributed by atoms with van der Waals surface area (Å²) >= 11 is 11.4. The van der Waals surface area contributed by atoms with Crippen molar-refractivity contribution in [3.8, 4) is 0 Å². The Labute approximate surface area is 123 Å². The third kappa shape index (κ3) is 3.23. The van der Waals surface area contributed by atoms with Gasteiger partial charge < -0.3 is 5.32 Å². The van der Waals surface area contributed by atoms with Crippen LogP contribution in [0.1, 0.15) is 10.4 Å². The highest BCUT2D eigenvalue weighted by molar-refractivity contribution is 6.32. The summed E-state index contributed by atoms with van der Waals surface area (Å²) in [6.45, 7) is 0. The second-order valence-corrected chi connectivity index (χ2v) is 4.52. The number of carbonyl (C=O) groups is 1. The minimum absolute atomic E-state index is 0.0348. The van der Waals surface area contributed by atoms with Gasteiger partial charge in [-0.2, -0.15) is 0 Å². The van der Waals surface area contributed by atoms with Gasteiger partial charge in [-0.15, -0.1) is 0 Å². The number of benzene rings is 1. The smallest absolute Gasteiger partial charge is 0.288 e. The Morgan fingerprint density at radius 1 is 1.25 bits per heavy atom. The van der Waals surface area contributed by atoms with Gasteiger partial charge in [0.2, 0.25) is 0 Å². The van der Waals surface area contributed by atoms with Gasteiger partial charge in [-0.05, 0) is 24.3 Å². The summed E-state index contributed by atoms with van der Waals surface area (Å²) in [5, 5.41) is 13.4. The van der Waals surface area contributed by atoms with E-state index in [1.807, 2.05) is 0 Å². The minimum atomic E-state index is -0.656. The van der Waals surface area contributed by atoms with E-state index in [1.165, 1.54) is 12.1 Å². The summed E-state index contributed by atoms with van der Waals surface area (Å²) in [5.74, 6) is -0.292. The van der Waals surface area contributed by atoms with E-state index in [4.69, 9.17) is 23.2 Å². The van der Waals surface area contributed by atoms with Crippen LogP contribution in [0.3, 0.4) is 0 Å². The molecule has 1 amide bonds. The van der Waals surface area contributed by atoms with Crippen molar-refractivity contribution in [1.29, 1.82) is 0 Å². The molecule has 1 heterocycles. The molecule has 6 nitrogen and oxygen atoms in total. The van der Waals surface area contributed by atoms with Gasteiger partial charge in [-0.3, -0.25) is 14.9 Å². The monoisotopic (exact) mass is 311 g/mol. The van der Waals surface area contributed by atoms with Gasteiger partial charge in [0, 0.05) is 11.6 Å². The molecule has 2 aromatic rings. The van der Waals surface area contributed by atoms with Gasteiger partial charge >= 0.3 is 0 Å². The van der Waals surface area contributed by atoms with Crippen molar-refractivity contribution < 1.29 is 9.72 Å². The van der Waals surface area contributed by atoms with Crippen molar-refractivity contribution in [2.45, 2.75) is 0 Å². The molecule has 1 N–H and O–H groups in total. The molecule has 102 valence electrons. The Balaban J connectivity index is 2.26. The number of pyridine rings is 1. The van der Waals surface area contributed by atoms with Crippen molar-refractivity contribution in [2.24, 2.45) is 0 Å². The Morgan fingerprint density at radius 3 is 2.65 bits per heavy atom. The average molecular weight is 312 g/mol. The maximum atomic E-state index is 12.0. The lowest BCUT2D eigenvalue weighted by molar-refractivity contribution is -0.384. The van der Waals surface area contributed by atoms with E-state index in [0.29, 0.717) is 0 Å². The maximum absolute atomic E-state index is 12.0. The van der Waals surface area contributed by atoms with Crippen molar-refractivity contribution >= 4 is 40.6 Å². The van der Waals surface area contributed by atoms with E-state index in [0.717, 1.165) is 6.07 Å². The van der Waals surface area contributed by atoms with Crippen LogP contribution in [0, 0.1) is 10.1 Å². The number of rotatable bonds is 3. The quantitative estimate of drug-likeness (QED) is 0.533. The fourth-order valence-corrected chi connectivity index (χ4v) is 1.81. The summed E-state index contributed by atoms with van der Waals surface area (Å²) in [7, 11) is 0. The third-order valence-electron chi connectivity index (χ3n) is 2.36. The molecule has 0 saturated heterocycles. The van der Waals surface area contributed by atoms with E-state index >= 15 is 0 Å². The summed E-state index contributed by atoms with van der Waals surface area (Å²) < 4.78 is 0. The first-order valence-corrected chi connectivity index (χ1v) is 6.11. The largest absolute Gasteiger partial charge is 0.307 e. The maximum Gasteiger partial charge on any atom is 0.288 e. The molecule has 1 aromatic heterocycles. The lowest BCUT2D eigenvalue weighted by atomic mass is 10.2. The van der Waals surface area contributed by atoms with Gasteiger partial charge in [-0.1, -0.05) is 29.3 Å². The molecular formula is C12H7Cl2N3O3. The number of nitrogens with one attached hydrogen (secondary N) is 1. The minimum Gasteiger partial charge on any atom is -0.307 e. The van der Waals surface area contributed by atoms with Gasteiger partial charge in [0.15, 0.2) is 0 Å². The number of hydrogen-bond donors (Lipinski definition) is 1. The molecule has 20 heavy (non-hydrogen) atoms. The second kappa shape index (κ2) is 5.85. The first kappa shape index (κ1) is 14.2. The van der Waals surface area contributed by atoms with Crippen LogP contribution in [0.15, 0.2) is 36.4 Å². The number of hydrogen-bond acceptors (Lipinski definition) is 4. The molecule has 0 bridgehead atoms. The zero-order valence-corrected chi connectivity index (χ0v) is 11.4. The lowest BCUT2D eigenvalue weighted by Crippen LogP contribution is -2.13. The van der Waals surface area contributed by atoms with Crippen LogP contribution in [0.4, 0.5) is 11.5 Å². The van der Waals surface area contributed by atoms with Crippen LogP contribution >= 0.6 is 23.2 Å². The van der Waals surface area contributed by atoms with Gasteiger partial charge in [0.1, 0.15) is 16.0 Å². The number of halogens is 2. The zero-order chi connectivity index (χ0) is 14.7. The molecular weight excluding hydrogens is 305 g/mol. The summed E-state index contributed by atoms with van der Waals surface area (Å²) in [6.07, 6.45) is 0. The Hall–Kier alpha value is -2.18. The average Bonchev–Trinajstić information content (AvgIpc) is 2.38. The topological polar surface area (TPSA) is 85.1 Å². The number of nitro benzene ring substituents is 1. The van der Waals surface area contributed by atoms with Crippen LogP contribution in [0.25, 0.3) is 0 Å². The summed E-state index contributed by atoms with van der Waals surface area (Å²) in [5.41, 5.74) is -0.235. The highest BCUT2D eigenvalue weighted by atomic mass is 35.5. The van der Waals surface area contributed by atoms with Gasteiger partial charge in [-0.25, -0.2) is 4.98 Å². The van der Waals surface area contributed by atoms with Crippen molar-refractivity contribution in [2.75, 3.05) is 5.32 Å². The van der Waals surface area contributed by atoms with Crippen LogP contribution in [-0.4, -0.2) is 15.8 Å². The fourth-order valence-electron chi connectivity index (χ4n) is 1.46. The molecule has 0 spiro atoms. The molecule has 0 aliphatic carbocycles. The molecule has 0 saturated carbocycles. The Kier molecular flexibility index (Phi) is 4.16. The third-order valence-corrected chi connectivity index (χ3v) is 2.89. The lowest BCUT2D eigenvalue weighted by Gasteiger charge is -2.05. The molecule has 0 aliphatic heterocycles. The van der Waals surface area contributed by atoms with E-state index in [1.54, 1.807) is 18.2 Å². The normalized spacial score (nSPS) is 10.1. The van der Waals surface area contributed by atoms with Gasteiger partial charge in [0.05, 0.1) is 4.92 Å². The standard InChI is InChI=1S/C12H7Cl2N3O3/c13-8-5-4-7(6-9(8)17(19)20)12(18)16-11-3-1-2-10(14)15-11/h1-6H,(H,15,16,18). The number of nitrogens with zero attached hydrogens (tertiary/aromatic N) is 2. The fraction of sp³-hybridized carbons (Fsp3) is 0. The number of aromatic nitrogens is 1. The number of nitro groups is 1. The van der Waals surface area contributed by atoms with E-state index in [2.05, 4.69) is 10.3 Å². The number of amides is 1. The second-order valence-electron chi connectivity index (χ2n) is 3.72. The Morgan fingerprint density at radius 2 is 2.00 bits per heavy atom. The van der Waals surface area contributed by atoms with Crippen molar-refractivity contribution in [3.63, 3.8) is 0 Å². The zero-order valence-electron chi connectivity index (χ0n) is 9.84. The predicted octanol–water partition coefficient (Wildman–Crippen LogP) is 3.55. The molecule has 2 rings (SSSR count). The molecule has 0 radical (unpaired) electrons. The molecule has 8 heteroatoms. The van der Waals surface area contributed by atoms with Crippen LogP contribution in [0.5, 0.6) is 0 Å². The first-order chi connectivity index (χ1) is 9.47. The Bertz CT molecular complexity index is 691. The molecule has 1 aromatic carbocycles. The molecule has 0 atom stereocenters. The highest BCUT2D eigenvalue weighted by Gasteiger charge is 2.16.